The third-order valence-electron chi connectivity index (χ3n) is 2.73. The van der Waals surface area contributed by atoms with Crippen LogP contribution in [-0.4, -0.2) is 6.29 Å². The van der Waals surface area contributed by atoms with Gasteiger partial charge in [-0.3, -0.25) is 4.79 Å². The van der Waals surface area contributed by atoms with Crippen LogP contribution in [0.4, 0.5) is 17.6 Å². The minimum absolute atomic E-state index is 0.121. The van der Waals surface area contributed by atoms with Crippen LogP contribution in [0.25, 0.3) is 11.1 Å². The van der Waals surface area contributed by atoms with Crippen molar-refractivity contribution in [3.8, 4) is 11.1 Å². The third kappa shape index (κ3) is 2.82. The number of carbonyl (C=O) groups is 1. The van der Waals surface area contributed by atoms with Gasteiger partial charge in [-0.15, -0.1) is 0 Å². The minimum atomic E-state index is -4.77. The number of benzene rings is 2. The van der Waals surface area contributed by atoms with E-state index in [0.717, 1.165) is 6.07 Å². The Hall–Kier alpha value is -1.88. The van der Waals surface area contributed by atoms with E-state index in [1.54, 1.807) is 0 Å². The molecule has 0 unspecified atom stereocenters. The number of halogens is 5. The highest BCUT2D eigenvalue weighted by molar-refractivity contribution is 6.33. The summed E-state index contributed by atoms with van der Waals surface area (Å²) in [4.78, 5) is 10.6. The first-order valence-electron chi connectivity index (χ1n) is 5.45. The normalized spacial score (nSPS) is 11.4. The van der Waals surface area contributed by atoms with E-state index in [4.69, 9.17) is 11.6 Å². The number of hydrogen-bond donors (Lipinski definition) is 0. The summed E-state index contributed by atoms with van der Waals surface area (Å²) in [5, 5.41) is 0.121. The Bertz CT molecular complexity index is 665. The summed E-state index contributed by atoms with van der Waals surface area (Å²) in [6.45, 7) is 0. The zero-order valence-electron chi connectivity index (χ0n) is 9.84. The fourth-order valence-corrected chi connectivity index (χ4v) is 1.95. The van der Waals surface area contributed by atoms with Gasteiger partial charge in [0.05, 0.1) is 10.6 Å². The topological polar surface area (TPSA) is 17.1 Å². The standard InChI is InChI=1S/C14H7ClF4O/c15-12-6-9(1-2-10(12)7-20)8-3-4-13(16)11(5-8)14(17,18)19/h1-7H. The Kier molecular flexibility index (Phi) is 3.81. The molecule has 2 aromatic rings. The lowest BCUT2D eigenvalue weighted by Gasteiger charge is -2.10. The lowest BCUT2D eigenvalue weighted by atomic mass is 10.0. The molecule has 2 aromatic carbocycles. The largest absolute Gasteiger partial charge is 0.419 e. The Morgan fingerprint density at radius 3 is 2.15 bits per heavy atom. The zero-order valence-corrected chi connectivity index (χ0v) is 10.6. The van der Waals surface area contributed by atoms with Crippen LogP contribution in [0.2, 0.25) is 5.02 Å². The van der Waals surface area contributed by atoms with Crippen LogP contribution >= 0.6 is 11.6 Å². The molecule has 0 aromatic heterocycles. The fraction of sp³-hybridized carbons (Fsp3) is 0.0714. The summed E-state index contributed by atoms with van der Waals surface area (Å²) in [7, 11) is 0. The van der Waals surface area contributed by atoms with E-state index in [9.17, 15) is 22.4 Å². The lowest BCUT2D eigenvalue weighted by Crippen LogP contribution is -2.08. The molecule has 2 rings (SSSR count). The number of rotatable bonds is 2. The smallest absolute Gasteiger partial charge is 0.298 e. The molecule has 0 radical (unpaired) electrons. The first-order chi connectivity index (χ1) is 9.32. The van der Waals surface area contributed by atoms with E-state index in [2.05, 4.69) is 0 Å². The maximum absolute atomic E-state index is 13.2. The average Bonchev–Trinajstić information content (AvgIpc) is 2.37. The van der Waals surface area contributed by atoms with Crippen molar-refractivity contribution >= 4 is 17.9 Å². The summed E-state index contributed by atoms with van der Waals surface area (Å²) in [6, 6.07) is 6.88. The Balaban J connectivity index is 2.54. The molecule has 0 N–H and O–H groups in total. The van der Waals surface area contributed by atoms with Crippen molar-refractivity contribution in [1.82, 2.24) is 0 Å². The van der Waals surface area contributed by atoms with E-state index < -0.39 is 17.6 Å². The molecule has 0 aliphatic heterocycles. The Morgan fingerprint density at radius 1 is 1.00 bits per heavy atom. The van der Waals surface area contributed by atoms with Gasteiger partial charge in [-0.05, 0) is 35.4 Å². The van der Waals surface area contributed by atoms with E-state index in [-0.39, 0.29) is 16.1 Å². The summed E-state index contributed by atoms with van der Waals surface area (Å²) in [5.74, 6) is -1.34. The van der Waals surface area contributed by atoms with Crippen LogP contribution in [0, 0.1) is 5.82 Å². The minimum Gasteiger partial charge on any atom is -0.298 e. The molecule has 0 aliphatic carbocycles. The van der Waals surface area contributed by atoms with Crippen LogP contribution in [0.5, 0.6) is 0 Å². The quantitative estimate of drug-likeness (QED) is 0.565. The SMILES string of the molecule is O=Cc1ccc(-c2ccc(F)c(C(F)(F)F)c2)cc1Cl. The molecule has 0 aliphatic rings. The van der Waals surface area contributed by atoms with Crippen molar-refractivity contribution in [3.63, 3.8) is 0 Å². The van der Waals surface area contributed by atoms with Gasteiger partial charge in [0, 0.05) is 5.56 Å². The molecule has 0 spiro atoms. The van der Waals surface area contributed by atoms with Gasteiger partial charge < -0.3 is 0 Å². The van der Waals surface area contributed by atoms with Crippen molar-refractivity contribution in [3.05, 3.63) is 58.4 Å². The highest BCUT2D eigenvalue weighted by Crippen LogP contribution is 2.34. The number of hydrogen-bond acceptors (Lipinski definition) is 1. The number of aldehydes is 1. The second-order valence-electron chi connectivity index (χ2n) is 4.05. The number of alkyl halides is 3. The van der Waals surface area contributed by atoms with Gasteiger partial charge in [0.1, 0.15) is 5.82 Å². The molecule has 104 valence electrons. The maximum atomic E-state index is 13.2. The van der Waals surface area contributed by atoms with Crippen LogP contribution in [0.15, 0.2) is 36.4 Å². The van der Waals surface area contributed by atoms with Gasteiger partial charge in [0.2, 0.25) is 0 Å². The average molecular weight is 303 g/mol. The van der Waals surface area contributed by atoms with E-state index >= 15 is 0 Å². The van der Waals surface area contributed by atoms with Crippen LogP contribution in [0.1, 0.15) is 15.9 Å². The predicted molar refractivity (Wildman–Crippen MR) is 67.2 cm³/mol. The molecule has 6 heteroatoms. The van der Waals surface area contributed by atoms with Crippen molar-refractivity contribution in [2.24, 2.45) is 0 Å². The molecule has 1 nitrogen and oxygen atoms in total. The van der Waals surface area contributed by atoms with E-state index in [1.807, 2.05) is 0 Å². The molecule has 0 amide bonds. The van der Waals surface area contributed by atoms with Gasteiger partial charge in [0.15, 0.2) is 6.29 Å². The first kappa shape index (κ1) is 14.5. The molecule has 0 saturated carbocycles. The van der Waals surface area contributed by atoms with Gasteiger partial charge in [-0.1, -0.05) is 23.7 Å². The van der Waals surface area contributed by atoms with Crippen LogP contribution in [0.3, 0.4) is 0 Å². The second-order valence-corrected chi connectivity index (χ2v) is 4.45. The van der Waals surface area contributed by atoms with Crippen molar-refractivity contribution in [2.75, 3.05) is 0 Å². The van der Waals surface area contributed by atoms with Gasteiger partial charge >= 0.3 is 6.18 Å². The van der Waals surface area contributed by atoms with Gasteiger partial charge in [-0.25, -0.2) is 4.39 Å². The van der Waals surface area contributed by atoms with Crippen LogP contribution in [-0.2, 0) is 6.18 Å². The Labute approximate surface area is 116 Å². The first-order valence-corrected chi connectivity index (χ1v) is 5.82. The highest BCUT2D eigenvalue weighted by Gasteiger charge is 2.34. The molecule has 0 atom stereocenters. The zero-order chi connectivity index (χ0) is 14.9. The molecule has 0 fully saturated rings. The lowest BCUT2D eigenvalue weighted by molar-refractivity contribution is -0.139. The van der Waals surface area contributed by atoms with E-state index in [1.165, 1.54) is 24.3 Å². The Morgan fingerprint density at radius 2 is 1.60 bits per heavy atom. The fourth-order valence-electron chi connectivity index (χ4n) is 1.72. The van der Waals surface area contributed by atoms with Crippen LogP contribution < -0.4 is 0 Å². The number of carbonyl (C=O) groups excluding carboxylic acids is 1. The molecular formula is C14H7ClF4O. The van der Waals surface area contributed by atoms with Crippen molar-refractivity contribution < 1.29 is 22.4 Å². The molecule has 20 heavy (non-hydrogen) atoms. The molecule has 0 bridgehead atoms. The summed E-state index contributed by atoms with van der Waals surface area (Å²) in [5.41, 5.74) is -0.580. The third-order valence-corrected chi connectivity index (χ3v) is 3.06. The molecule has 0 heterocycles. The maximum Gasteiger partial charge on any atom is 0.419 e. The van der Waals surface area contributed by atoms with Crippen molar-refractivity contribution in [2.45, 2.75) is 6.18 Å². The van der Waals surface area contributed by atoms with Gasteiger partial charge in [-0.2, -0.15) is 13.2 Å². The monoisotopic (exact) mass is 302 g/mol. The summed E-state index contributed by atoms with van der Waals surface area (Å²) < 4.78 is 51.1. The van der Waals surface area contributed by atoms with Crippen molar-refractivity contribution in [1.29, 1.82) is 0 Å². The summed E-state index contributed by atoms with van der Waals surface area (Å²) in [6.07, 6.45) is -4.23. The van der Waals surface area contributed by atoms with E-state index in [0.29, 0.717) is 17.9 Å². The second kappa shape index (κ2) is 5.25. The molecule has 0 saturated heterocycles. The molecular weight excluding hydrogens is 296 g/mol. The van der Waals surface area contributed by atoms with Gasteiger partial charge in [0.25, 0.3) is 0 Å². The predicted octanol–water partition coefficient (Wildman–Crippen LogP) is 4.98. The summed E-state index contributed by atoms with van der Waals surface area (Å²) >= 11 is 5.81. The highest BCUT2D eigenvalue weighted by atomic mass is 35.5.